The molecule has 0 aromatic heterocycles. The van der Waals surface area contributed by atoms with Crippen LogP contribution < -0.4 is 5.32 Å². The van der Waals surface area contributed by atoms with Crippen LogP contribution in [0.25, 0.3) is 0 Å². The minimum Gasteiger partial charge on any atom is -0.395 e. The minimum atomic E-state index is 0.293. The Balaban J connectivity index is 0.000000371. The Morgan fingerprint density at radius 2 is 2.20 bits per heavy atom. The van der Waals surface area contributed by atoms with Crippen molar-refractivity contribution in [2.75, 3.05) is 18.1 Å². The van der Waals surface area contributed by atoms with Gasteiger partial charge in [0.25, 0.3) is 0 Å². The second-order valence-electron chi connectivity index (χ2n) is 2.51. The van der Waals surface area contributed by atoms with Crippen molar-refractivity contribution in [1.82, 2.24) is 5.32 Å². The quantitative estimate of drug-likeness (QED) is 0.543. The van der Waals surface area contributed by atoms with E-state index in [1.54, 1.807) is 0 Å². The summed E-state index contributed by atoms with van der Waals surface area (Å²) in [5.41, 5.74) is 0. The molecule has 0 spiro atoms. The Morgan fingerprint density at radius 3 is 2.40 bits per heavy atom. The van der Waals surface area contributed by atoms with E-state index < -0.39 is 0 Å². The predicted octanol–water partition coefficient (Wildman–Crippen LogP) is 1.03. The van der Waals surface area contributed by atoms with E-state index in [4.69, 9.17) is 5.11 Å². The van der Waals surface area contributed by atoms with Gasteiger partial charge in [-0.2, -0.15) is 0 Å². The van der Waals surface area contributed by atoms with Crippen molar-refractivity contribution in [2.45, 2.75) is 19.4 Å². The molecule has 1 aliphatic heterocycles. The van der Waals surface area contributed by atoms with E-state index in [9.17, 15) is 0 Å². The van der Waals surface area contributed by atoms with Crippen LogP contribution >= 0.6 is 22.6 Å². The van der Waals surface area contributed by atoms with Gasteiger partial charge in [0.05, 0.1) is 6.61 Å². The van der Waals surface area contributed by atoms with Crippen LogP contribution in [0.5, 0.6) is 0 Å². The number of rotatable bonds is 1. The average Bonchev–Trinajstić information content (AvgIpc) is 2.39. The van der Waals surface area contributed by atoms with E-state index in [0.717, 1.165) is 6.54 Å². The van der Waals surface area contributed by atoms with Crippen molar-refractivity contribution < 1.29 is 5.11 Å². The third-order valence-electron chi connectivity index (χ3n) is 1.89. The fourth-order valence-electron chi connectivity index (χ4n) is 1.14. The SMILES string of the molecule is CI.C[C@H]1CCN[C@@H]1CO. The molecule has 0 saturated carbocycles. The summed E-state index contributed by atoms with van der Waals surface area (Å²) in [5.74, 6) is 0.667. The molecule has 0 radical (unpaired) electrons. The molecule has 1 rings (SSSR count). The molecule has 2 nitrogen and oxygen atoms in total. The van der Waals surface area contributed by atoms with Crippen LogP contribution in [0.1, 0.15) is 13.3 Å². The first-order valence-electron chi connectivity index (χ1n) is 3.56. The summed E-state index contributed by atoms with van der Waals surface area (Å²) in [6.07, 6.45) is 1.21. The first-order valence-corrected chi connectivity index (χ1v) is 5.72. The highest BCUT2D eigenvalue weighted by molar-refractivity contribution is 14.1. The van der Waals surface area contributed by atoms with Crippen molar-refractivity contribution >= 4 is 22.6 Å². The molecule has 2 atom stereocenters. The second-order valence-corrected chi connectivity index (χ2v) is 2.51. The lowest BCUT2D eigenvalue weighted by atomic mass is 10.1. The van der Waals surface area contributed by atoms with E-state index in [2.05, 4.69) is 34.8 Å². The zero-order valence-corrected chi connectivity index (χ0v) is 8.76. The molecule has 0 aromatic carbocycles. The molecule has 0 aromatic rings. The Morgan fingerprint density at radius 1 is 1.60 bits per heavy atom. The number of alkyl halides is 1. The first-order chi connectivity index (χ1) is 4.84. The van der Waals surface area contributed by atoms with Gasteiger partial charge >= 0.3 is 0 Å². The summed E-state index contributed by atoms with van der Waals surface area (Å²) >= 11 is 2.15. The van der Waals surface area contributed by atoms with E-state index in [-0.39, 0.29) is 0 Å². The van der Waals surface area contributed by atoms with E-state index in [1.165, 1.54) is 6.42 Å². The summed E-state index contributed by atoms with van der Waals surface area (Å²) in [4.78, 5) is 1.97. The Kier molecular flexibility index (Phi) is 6.78. The van der Waals surface area contributed by atoms with Crippen LogP contribution in [-0.2, 0) is 0 Å². The largest absolute Gasteiger partial charge is 0.395 e. The molecule has 10 heavy (non-hydrogen) atoms. The molecular formula is C7H16INO. The van der Waals surface area contributed by atoms with Crippen LogP contribution in [0, 0.1) is 5.92 Å². The summed E-state index contributed by atoms with van der Waals surface area (Å²) in [7, 11) is 0. The van der Waals surface area contributed by atoms with Crippen LogP contribution in [0.4, 0.5) is 0 Å². The highest BCUT2D eigenvalue weighted by Crippen LogP contribution is 2.12. The smallest absolute Gasteiger partial charge is 0.0587 e. The number of nitrogens with one attached hydrogen (secondary N) is 1. The Labute approximate surface area is 76.5 Å². The highest BCUT2D eigenvalue weighted by Gasteiger charge is 2.20. The van der Waals surface area contributed by atoms with Gasteiger partial charge in [-0.05, 0) is 23.8 Å². The number of halogens is 1. The topological polar surface area (TPSA) is 32.3 Å². The number of aliphatic hydroxyl groups excluding tert-OH is 1. The van der Waals surface area contributed by atoms with Gasteiger partial charge in [-0.3, -0.25) is 0 Å². The summed E-state index contributed by atoms with van der Waals surface area (Å²) < 4.78 is 0. The molecule has 0 bridgehead atoms. The monoisotopic (exact) mass is 257 g/mol. The highest BCUT2D eigenvalue weighted by atomic mass is 127. The van der Waals surface area contributed by atoms with Gasteiger partial charge < -0.3 is 10.4 Å². The number of hydrogen-bond acceptors (Lipinski definition) is 2. The minimum absolute atomic E-state index is 0.293. The van der Waals surface area contributed by atoms with Gasteiger partial charge in [0.1, 0.15) is 0 Å². The van der Waals surface area contributed by atoms with Crippen LogP contribution in [0.3, 0.4) is 0 Å². The fourth-order valence-corrected chi connectivity index (χ4v) is 1.14. The molecule has 3 heteroatoms. The molecule has 1 fully saturated rings. The van der Waals surface area contributed by atoms with Crippen LogP contribution in [0.2, 0.25) is 0 Å². The number of hydrogen-bond donors (Lipinski definition) is 2. The van der Waals surface area contributed by atoms with Gasteiger partial charge in [-0.15, -0.1) is 0 Å². The Bertz CT molecular complexity index is 80.0. The third-order valence-corrected chi connectivity index (χ3v) is 1.89. The lowest BCUT2D eigenvalue weighted by molar-refractivity contribution is 0.233. The van der Waals surface area contributed by atoms with Gasteiger partial charge in [0.15, 0.2) is 0 Å². The van der Waals surface area contributed by atoms with Crippen molar-refractivity contribution in [1.29, 1.82) is 0 Å². The van der Waals surface area contributed by atoms with E-state index in [1.807, 2.05) is 4.93 Å². The van der Waals surface area contributed by atoms with Crippen molar-refractivity contribution in [3.8, 4) is 0 Å². The first kappa shape index (κ1) is 10.7. The van der Waals surface area contributed by atoms with Crippen molar-refractivity contribution in [3.63, 3.8) is 0 Å². The van der Waals surface area contributed by atoms with Crippen molar-refractivity contribution in [3.05, 3.63) is 0 Å². The maximum absolute atomic E-state index is 8.67. The Hall–Kier alpha value is 0.650. The predicted molar refractivity (Wildman–Crippen MR) is 52.6 cm³/mol. The van der Waals surface area contributed by atoms with Crippen LogP contribution in [0.15, 0.2) is 0 Å². The third kappa shape index (κ3) is 3.16. The lowest BCUT2D eigenvalue weighted by Crippen LogP contribution is -2.29. The van der Waals surface area contributed by atoms with E-state index >= 15 is 0 Å². The molecule has 0 amide bonds. The second kappa shape index (κ2) is 6.37. The lowest BCUT2D eigenvalue weighted by Gasteiger charge is -2.10. The zero-order valence-electron chi connectivity index (χ0n) is 6.60. The number of aliphatic hydroxyl groups is 1. The molecule has 0 unspecified atom stereocenters. The summed E-state index contributed by atoms with van der Waals surface area (Å²) in [6, 6.07) is 0.370. The standard InChI is InChI=1S/C6H13NO.CH3I/c1-5-2-3-7-6(5)4-8;1-2/h5-8H,2-4H2,1H3;1H3/t5-,6+;/m0./s1. The summed E-state index contributed by atoms with van der Waals surface area (Å²) in [5, 5.41) is 11.9. The molecule has 1 aliphatic rings. The maximum atomic E-state index is 8.67. The molecular weight excluding hydrogens is 241 g/mol. The molecule has 1 saturated heterocycles. The maximum Gasteiger partial charge on any atom is 0.0587 e. The van der Waals surface area contributed by atoms with E-state index in [0.29, 0.717) is 18.6 Å². The summed E-state index contributed by atoms with van der Waals surface area (Å²) in [6.45, 7) is 3.54. The van der Waals surface area contributed by atoms with Gasteiger partial charge in [-0.1, -0.05) is 29.5 Å². The molecule has 62 valence electrons. The van der Waals surface area contributed by atoms with Crippen molar-refractivity contribution in [2.24, 2.45) is 5.92 Å². The molecule has 2 N–H and O–H groups in total. The normalized spacial score (nSPS) is 31.2. The fraction of sp³-hybridized carbons (Fsp3) is 1.00. The average molecular weight is 257 g/mol. The van der Waals surface area contributed by atoms with Gasteiger partial charge in [-0.25, -0.2) is 0 Å². The zero-order chi connectivity index (χ0) is 7.98. The molecule has 1 heterocycles. The van der Waals surface area contributed by atoms with Crippen LogP contribution in [-0.4, -0.2) is 29.2 Å². The molecule has 0 aliphatic carbocycles. The van der Waals surface area contributed by atoms with Gasteiger partial charge in [0, 0.05) is 6.04 Å². The van der Waals surface area contributed by atoms with Gasteiger partial charge in [0.2, 0.25) is 0 Å².